The molecule has 2 N–H and O–H groups in total. The molecule has 1 aromatic heterocycles. The Bertz CT molecular complexity index is 652. The summed E-state index contributed by atoms with van der Waals surface area (Å²) in [4.78, 5) is 18.5. The highest BCUT2D eigenvalue weighted by atomic mass is 16.2. The standard InChI is InChI=1S/C17H21N3O/c1-4-6-14-10-13(11-16(18)19-14)17(21)20(3)15-8-5-7-12(2)9-15/h5,7-11H,4,6H2,1-3H3,(H2,18,19). The van der Waals surface area contributed by atoms with Gasteiger partial charge in [0.2, 0.25) is 0 Å². The summed E-state index contributed by atoms with van der Waals surface area (Å²) >= 11 is 0. The lowest BCUT2D eigenvalue weighted by molar-refractivity contribution is 0.0993. The van der Waals surface area contributed by atoms with Gasteiger partial charge in [-0.2, -0.15) is 0 Å². The van der Waals surface area contributed by atoms with Crippen LogP contribution in [0.4, 0.5) is 11.5 Å². The zero-order valence-corrected chi connectivity index (χ0v) is 12.8. The fourth-order valence-corrected chi connectivity index (χ4v) is 2.27. The molecule has 0 aliphatic heterocycles. The maximum Gasteiger partial charge on any atom is 0.258 e. The maximum atomic E-state index is 12.6. The van der Waals surface area contributed by atoms with Crippen LogP contribution in [-0.4, -0.2) is 17.9 Å². The van der Waals surface area contributed by atoms with E-state index in [2.05, 4.69) is 11.9 Å². The molecule has 4 heteroatoms. The van der Waals surface area contributed by atoms with Crippen molar-refractivity contribution in [3.8, 4) is 0 Å². The summed E-state index contributed by atoms with van der Waals surface area (Å²) in [7, 11) is 1.77. The highest BCUT2D eigenvalue weighted by Gasteiger charge is 2.15. The third kappa shape index (κ3) is 3.60. The molecule has 0 atom stereocenters. The van der Waals surface area contributed by atoms with E-state index >= 15 is 0 Å². The predicted octanol–water partition coefficient (Wildman–Crippen LogP) is 3.20. The fourth-order valence-electron chi connectivity index (χ4n) is 2.27. The van der Waals surface area contributed by atoms with Crippen molar-refractivity contribution in [2.75, 3.05) is 17.7 Å². The first-order valence-corrected chi connectivity index (χ1v) is 7.12. The molecule has 21 heavy (non-hydrogen) atoms. The van der Waals surface area contributed by atoms with Crippen molar-refractivity contribution in [2.24, 2.45) is 0 Å². The Hall–Kier alpha value is -2.36. The van der Waals surface area contributed by atoms with Crippen LogP contribution in [0.1, 0.15) is 35.0 Å². The number of hydrogen-bond acceptors (Lipinski definition) is 3. The first kappa shape index (κ1) is 15.0. The van der Waals surface area contributed by atoms with Crippen molar-refractivity contribution in [3.63, 3.8) is 0 Å². The topological polar surface area (TPSA) is 59.2 Å². The van der Waals surface area contributed by atoms with E-state index in [-0.39, 0.29) is 5.91 Å². The minimum atomic E-state index is -0.0768. The highest BCUT2D eigenvalue weighted by molar-refractivity contribution is 6.06. The summed E-state index contributed by atoms with van der Waals surface area (Å²) in [6.45, 7) is 4.08. The van der Waals surface area contributed by atoms with Crippen molar-refractivity contribution < 1.29 is 4.79 Å². The van der Waals surface area contributed by atoms with Crippen LogP contribution in [0.3, 0.4) is 0 Å². The molecule has 0 saturated heterocycles. The third-order valence-corrected chi connectivity index (χ3v) is 3.34. The number of rotatable bonds is 4. The summed E-state index contributed by atoms with van der Waals surface area (Å²) in [5.41, 5.74) is 9.23. The van der Waals surface area contributed by atoms with Gasteiger partial charge in [-0.05, 0) is 43.2 Å². The Balaban J connectivity index is 2.31. The number of nitrogen functional groups attached to an aromatic ring is 1. The number of pyridine rings is 1. The molecule has 0 saturated carbocycles. The van der Waals surface area contributed by atoms with Crippen LogP contribution in [-0.2, 0) is 6.42 Å². The van der Waals surface area contributed by atoms with Crippen molar-refractivity contribution in [1.82, 2.24) is 4.98 Å². The Morgan fingerprint density at radius 3 is 2.71 bits per heavy atom. The summed E-state index contributed by atoms with van der Waals surface area (Å²) in [6.07, 6.45) is 1.79. The minimum absolute atomic E-state index is 0.0768. The van der Waals surface area contributed by atoms with Gasteiger partial charge < -0.3 is 10.6 Å². The first-order valence-electron chi connectivity index (χ1n) is 7.12. The number of amides is 1. The second kappa shape index (κ2) is 6.39. The third-order valence-electron chi connectivity index (χ3n) is 3.34. The highest BCUT2D eigenvalue weighted by Crippen LogP contribution is 2.18. The maximum absolute atomic E-state index is 12.6. The van der Waals surface area contributed by atoms with Crippen LogP contribution in [0.2, 0.25) is 0 Å². The Morgan fingerprint density at radius 2 is 2.05 bits per heavy atom. The van der Waals surface area contributed by atoms with Gasteiger partial charge in [0.05, 0.1) is 0 Å². The van der Waals surface area contributed by atoms with Crippen molar-refractivity contribution in [2.45, 2.75) is 26.7 Å². The normalized spacial score (nSPS) is 10.4. The molecule has 1 aromatic carbocycles. The lowest BCUT2D eigenvalue weighted by atomic mass is 10.1. The van der Waals surface area contributed by atoms with Gasteiger partial charge in [0.1, 0.15) is 5.82 Å². The molecule has 1 heterocycles. The van der Waals surface area contributed by atoms with E-state index in [1.54, 1.807) is 18.0 Å². The van der Waals surface area contributed by atoms with Gasteiger partial charge in [-0.3, -0.25) is 4.79 Å². The van der Waals surface area contributed by atoms with E-state index in [9.17, 15) is 4.79 Å². The molecular weight excluding hydrogens is 262 g/mol. The van der Waals surface area contributed by atoms with E-state index in [0.29, 0.717) is 11.4 Å². The lowest BCUT2D eigenvalue weighted by Crippen LogP contribution is -2.26. The molecule has 0 spiro atoms. The quantitative estimate of drug-likeness (QED) is 0.937. The molecule has 110 valence electrons. The van der Waals surface area contributed by atoms with E-state index < -0.39 is 0 Å². The molecule has 0 radical (unpaired) electrons. The zero-order valence-electron chi connectivity index (χ0n) is 12.8. The molecule has 0 aliphatic rings. The molecule has 4 nitrogen and oxygen atoms in total. The number of benzene rings is 1. The van der Waals surface area contributed by atoms with Crippen LogP contribution in [0.5, 0.6) is 0 Å². The van der Waals surface area contributed by atoms with Gasteiger partial charge >= 0.3 is 0 Å². The van der Waals surface area contributed by atoms with Gasteiger partial charge in [0.15, 0.2) is 0 Å². The predicted molar refractivity (Wildman–Crippen MR) is 86.6 cm³/mol. The Kier molecular flexibility index (Phi) is 4.58. The van der Waals surface area contributed by atoms with Gasteiger partial charge in [0, 0.05) is 24.0 Å². The Morgan fingerprint density at radius 1 is 1.29 bits per heavy atom. The van der Waals surface area contributed by atoms with Crippen molar-refractivity contribution in [1.29, 1.82) is 0 Å². The van der Waals surface area contributed by atoms with E-state index in [4.69, 9.17) is 5.73 Å². The van der Waals surface area contributed by atoms with E-state index in [1.165, 1.54) is 0 Å². The smallest absolute Gasteiger partial charge is 0.258 e. The average molecular weight is 283 g/mol. The molecule has 2 rings (SSSR count). The number of nitrogens with zero attached hydrogens (tertiary/aromatic N) is 2. The lowest BCUT2D eigenvalue weighted by Gasteiger charge is -2.18. The zero-order chi connectivity index (χ0) is 15.4. The number of nitrogens with two attached hydrogens (primary N) is 1. The SMILES string of the molecule is CCCc1cc(C(=O)N(C)c2cccc(C)c2)cc(N)n1. The summed E-state index contributed by atoms with van der Waals surface area (Å²) < 4.78 is 0. The van der Waals surface area contributed by atoms with Crippen molar-refractivity contribution >= 4 is 17.4 Å². The Labute approximate surface area is 125 Å². The average Bonchev–Trinajstić information content (AvgIpc) is 2.45. The van der Waals surface area contributed by atoms with E-state index in [1.807, 2.05) is 37.3 Å². The molecule has 2 aromatic rings. The second-order valence-corrected chi connectivity index (χ2v) is 5.23. The molecule has 0 bridgehead atoms. The van der Waals surface area contributed by atoms with Crippen molar-refractivity contribution in [3.05, 3.63) is 53.2 Å². The monoisotopic (exact) mass is 283 g/mol. The van der Waals surface area contributed by atoms with E-state index in [0.717, 1.165) is 29.8 Å². The van der Waals surface area contributed by atoms with Crippen LogP contribution >= 0.6 is 0 Å². The summed E-state index contributed by atoms with van der Waals surface area (Å²) in [5, 5.41) is 0. The van der Waals surface area contributed by atoms with Gasteiger partial charge in [-0.25, -0.2) is 4.98 Å². The van der Waals surface area contributed by atoms with Gasteiger partial charge in [-0.1, -0.05) is 25.5 Å². The molecule has 0 fully saturated rings. The molecule has 0 unspecified atom stereocenters. The van der Waals surface area contributed by atoms with Crippen LogP contribution < -0.4 is 10.6 Å². The van der Waals surface area contributed by atoms with Gasteiger partial charge in [0.25, 0.3) is 5.91 Å². The molecular formula is C17H21N3O. The summed E-state index contributed by atoms with van der Waals surface area (Å²) in [6, 6.07) is 11.3. The number of anilines is 2. The fraction of sp³-hybridized carbons (Fsp3) is 0.294. The molecule has 1 amide bonds. The number of hydrogen-bond donors (Lipinski definition) is 1. The van der Waals surface area contributed by atoms with Gasteiger partial charge in [-0.15, -0.1) is 0 Å². The van der Waals surface area contributed by atoms with Crippen LogP contribution in [0.15, 0.2) is 36.4 Å². The number of aryl methyl sites for hydroxylation is 2. The minimum Gasteiger partial charge on any atom is -0.384 e. The number of carbonyl (C=O) groups excluding carboxylic acids is 1. The van der Waals surface area contributed by atoms with Crippen LogP contribution in [0.25, 0.3) is 0 Å². The summed E-state index contributed by atoms with van der Waals surface area (Å²) in [5.74, 6) is 0.314. The number of aromatic nitrogens is 1. The number of carbonyl (C=O) groups is 1. The molecule has 0 aliphatic carbocycles. The second-order valence-electron chi connectivity index (χ2n) is 5.23. The largest absolute Gasteiger partial charge is 0.384 e. The van der Waals surface area contributed by atoms with Crippen LogP contribution in [0, 0.1) is 6.92 Å². The first-order chi connectivity index (χ1) is 10.0.